The van der Waals surface area contributed by atoms with Gasteiger partial charge in [0.05, 0.1) is 5.52 Å². The molecular weight excluding hydrogens is 767 g/mol. The number of anilines is 3. The fourth-order valence-corrected chi connectivity index (χ4v) is 9.30. The zero-order chi connectivity index (χ0) is 41.7. The fraction of sp³-hybridized carbons (Fsp3) is 0. The normalized spacial score (nSPS) is 11.5. The SMILES string of the molecule is c1ccc(-c2ccc(N(c3ccc(-n4c5ccccc5c5cccnc54)cc3)c3ccc(-c4cccc(-c5cccc6c5oc5ccccc56)c4)c(-c4ccccc4)c3)cc2)cc1. The smallest absolute Gasteiger partial charge is 0.145 e. The zero-order valence-electron chi connectivity index (χ0n) is 34.3. The van der Waals surface area contributed by atoms with Crippen LogP contribution in [0.3, 0.4) is 0 Å². The third-order valence-electron chi connectivity index (χ3n) is 12.3. The molecule has 4 heteroatoms. The van der Waals surface area contributed by atoms with Crippen LogP contribution in [-0.2, 0) is 0 Å². The molecule has 0 aliphatic heterocycles. The number of fused-ring (bicyclic) bond motifs is 6. The van der Waals surface area contributed by atoms with Crippen LogP contribution >= 0.6 is 0 Å². The van der Waals surface area contributed by atoms with Gasteiger partial charge in [-0.25, -0.2) is 4.98 Å². The summed E-state index contributed by atoms with van der Waals surface area (Å²) in [5.41, 5.74) is 17.2. The van der Waals surface area contributed by atoms with Crippen molar-refractivity contribution in [3.8, 4) is 50.2 Å². The monoisotopic (exact) mass is 805 g/mol. The van der Waals surface area contributed by atoms with Gasteiger partial charge in [0.1, 0.15) is 16.8 Å². The van der Waals surface area contributed by atoms with Crippen molar-refractivity contribution in [3.05, 3.63) is 237 Å². The molecule has 9 aromatic carbocycles. The topological polar surface area (TPSA) is 34.2 Å². The molecule has 0 unspecified atom stereocenters. The summed E-state index contributed by atoms with van der Waals surface area (Å²) in [6.07, 6.45) is 1.87. The molecule has 0 atom stereocenters. The van der Waals surface area contributed by atoms with E-state index in [1.54, 1.807) is 0 Å². The predicted molar refractivity (Wildman–Crippen MR) is 262 cm³/mol. The lowest BCUT2D eigenvalue weighted by atomic mass is 9.91. The van der Waals surface area contributed by atoms with Crippen molar-refractivity contribution in [1.82, 2.24) is 9.55 Å². The molecule has 0 bridgehead atoms. The maximum absolute atomic E-state index is 6.49. The van der Waals surface area contributed by atoms with Crippen molar-refractivity contribution in [2.45, 2.75) is 0 Å². The van der Waals surface area contributed by atoms with Crippen LogP contribution in [0, 0.1) is 0 Å². The third-order valence-corrected chi connectivity index (χ3v) is 12.3. The average molecular weight is 806 g/mol. The second-order valence-corrected chi connectivity index (χ2v) is 15.9. The van der Waals surface area contributed by atoms with Crippen LogP contribution in [0.15, 0.2) is 241 Å². The molecule has 3 heterocycles. The van der Waals surface area contributed by atoms with Crippen molar-refractivity contribution in [2.24, 2.45) is 0 Å². The highest BCUT2D eigenvalue weighted by Crippen LogP contribution is 2.43. The minimum Gasteiger partial charge on any atom is -0.455 e. The first-order valence-corrected chi connectivity index (χ1v) is 21.4. The summed E-state index contributed by atoms with van der Waals surface area (Å²) >= 11 is 0. The van der Waals surface area contributed by atoms with E-state index >= 15 is 0 Å². The molecule has 4 nitrogen and oxygen atoms in total. The second-order valence-electron chi connectivity index (χ2n) is 15.9. The van der Waals surface area contributed by atoms with Crippen LogP contribution in [0.1, 0.15) is 0 Å². The van der Waals surface area contributed by atoms with Gasteiger partial charge in [-0.1, -0.05) is 152 Å². The summed E-state index contributed by atoms with van der Waals surface area (Å²) in [6, 6.07) is 82.2. The number of rotatable bonds is 8. The molecule has 12 aromatic rings. The fourth-order valence-electron chi connectivity index (χ4n) is 9.30. The zero-order valence-corrected chi connectivity index (χ0v) is 34.3. The largest absolute Gasteiger partial charge is 0.455 e. The number of hydrogen-bond acceptors (Lipinski definition) is 3. The minimum absolute atomic E-state index is 0.899. The van der Waals surface area contributed by atoms with Gasteiger partial charge in [-0.3, -0.25) is 4.57 Å². The Hall–Kier alpha value is -8.47. The number of hydrogen-bond donors (Lipinski definition) is 0. The van der Waals surface area contributed by atoms with Crippen LogP contribution in [0.25, 0.3) is 94.1 Å². The van der Waals surface area contributed by atoms with Gasteiger partial charge in [0, 0.05) is 56.1 Å². The Bertz CT molecular complexity index is 3550. The second kappa shape index (κ2) is 15.2. The Morgan fingerprint density at radius 3 is 1.75 bits per heavy atom. The van der Waals surface area contributed by atoms with Crippen LogP contribution in [0.5, 0.6) is 0 Å². The van der Waals surface area contributed by atoms with Crippen molar-refractivity contribution < 1.29 is 4.42 Å². The highest BCUT2D eigenvalue weighted by molar-refractivity contribution is 6.10. The molecule has 3 aromatic heterocycles. The Balaban J connectivity index is 1.000. The number of furan rings is 1. The number of pyridine rings is 1. The molecule has 63 heavy (non-hydrogen) atoms. The summed E-state index contributed by atoms with van der Waals surface area (Å²) in [7, 11) is 0. The van der Waals surface area contributed by atoms with Gasteiger partial charge in [0.15, 0.2) is 0 Å². The van der Waals surface area contributed by atoms with E-state index in [9.17, 15) is 0 Å². The molecular formula is C59H39N3O. The van der Waals surface area contributed by atoms with Crippen LogP contribution in [0.2, 0.25) is 0 Å². The first kappa shape index (κ1) is 36.4. The van der Waals surface area contributed by atoms with Crippen molar-refractivity contribution in [1.29, 1.82) is 0 Å². The third kappa shape index (κ3) is 6.36. The molecule has 296 valence electrons. The van der Waals surface area contributed by atoms with E-state index in [2.05, 4.69) is 222 Å². The average Bonchev–Trinajstić information content (AvgIpc) is 3.91. The molecule has 0 N–H and O–H groups in total. The summed E-state index contributed by atoms with van der Waals surface area (Å²) in [5.74, 6) is 0. The Morgan fingerprint density at radius 2 is 0.952 bits per heavy atom. The lowest BCUT2D eigenvalue weighted by Crippen LogP contribution is -2.10. The standard InChI is InChI=1S/C59H39N3O/c1-3-14-40(15-4-1)41-27-29-45(30-28-41)61(46-31-33-47(34-32-46)62-56-25-9-7-20-51(56)54-24-13-37-60-59(54)62)48-35-36-49(55(39-48)42-16-5-2-6-17-42)43-18-11-19-44(38-43)50-22-12-23-53-52-21-8-10-26-57(52)63-58(50)53/h1-39H. The molecule has 0 aliphatic carbocycles. The maximum Gasteiger partial charge on any atom is 0.145 e. The first-order valence-electron chi connectivity index (χ1n) is 21.4. The summed E-state index contributed by atoms with van der Waals surface area (Å²) in [4.78, 5) is 7.20. The van der Waals surface area contributed by atoms with Crippen molar-refractivity contribution in [2.75, 3.05) is 4.90 Å². The molecule has 12 rings (SSSR count). The number of aromatic nitrogens is 2. The van der Waals surface area contributed by atoms with Gasteiger partial charge >= 0.3 is 0 Å². The van der Waals surface area contributed by atoms with E-state index in [1.807, 2.05) is 24.4 Å². The van der Waals surface area contributed by atoms with Gasteiger partial charge in [-0.2, -0.15) is 0 Å². The Labute approximate surface area is 365 Å². The quantitative estimate of drug-likeness (QED) is 0.153. The van der Waals surface area contributed by atoms with Crippen molar-refractivity contribution >= 4 is 60.9 Å². The maximum atomic E-state index is 6.49. The minimum atomic E-state index is 0.899. The van der Waals surface area contributed by atoms with Gasteiger partial charge in [0.25, 0.3) is 0 Å². The molecule has 0 fully saturated rings. The molecule has 0 saturated heterocycles. The van der Waals surface area contributed by atoms with Crippen molar-refractivity contribution in [3.63, 3.8) is 0 Å². The summed E-state index contributed by atoms with van der Waals surface area (Å²) < 4.78 is 8.75. The highest BCUT2D eigenvalue weighted by Gasteiger charge is 2.19. The summed E-state index contributed by atoms with van der Waals surface area (Å²) in [6.45, 7) is 0. The lowest BCUT2D eigenvalue weighted by Gasteiger charge is -2.27. The van der Waals surface area contributed by atoms with E-state index < -0.39 is 0 Å². The van der Waals surface area contributed by atoms with Crippen LogP contribution < -0.4 is 4.90 Å². The molecule has 0 radical (unpaired) electrons. The van der Waals surface area contributed by atoms with Gasteiger partial charge in [-0.15, -0.1) is 0 Å². The van der Waals surface area contributed by atoms with E-state index in [1.165, 1.54) is 16.5 Å². The molecule has 0 spiro atoms. The van der Waals surface area contributed by atoms with Crippen LogP contribution in [0.4, 0.5) is 17.1 Å². The molecule has 0 aliphatic rings. The highest BCUT2D eigenvalue weighted by atomic mass is 16.3. The first-order chi connectivity index (χ1) is 31.2. The van der Waals surface area contributed by atoms with E-state index in [0.29, 0.717) is 0 Å². The van der Waals surface area contributed by atoms with Gasteiger partial charge in [-0.05, 0) is 118 Å². The Morgan fingerprint density at radius 1 is 0.365 bits per heavy atom. The lowest BCUT2D eigenvalue weighted by molar-refractivity contribution is 0.670. The molecule has 0 saturated carbocycles. The van der Waals surface area contributed by atoms with Crippen LogP contribution in [-0.4, -0.2) is 9.55 Å². The van der Waals surface area contributed by atoms with E-state index in [-0.39, 0.29) is 0 Å². The van der Waals surface area contributed by atoms with Gasteiger partial charge < -0.3 is 9.32 Å². The number of nitrogens with zero attached hydrogens (tertiary/aromatic N) is 3. The van der Waals surface area contributed by atoms with E-state index in [4.69, 9.17) is 9.40 Å². The number of benzene rings is 9. The summed E-state index contributed by atoms with van der Waals surface area (Å²) in [5, 5.41) is 4.59. The predicted octanol–water partition coefficient (Wildman–Crippen LogP) is 16.2. The Kier molecular flexibility index (Phi) is 8.79. The number of para-hydroxylation sites is 3. The van der Waals surface area contributed by atoms with Gasteiger partial charge in [0.2, 0.25) is 0 Å². The molecule has 0 amide bonds. The van der Waals surface area contributed by atoms with E-state index in [0.717, 1.165) is 94.6 Å².